The van der Waals surface area contributed by atoms with E-state index in [1.807, 2.05) is 45.1 Å². The van der Waals surface area contributed by atoms with Gasteiger partial charge in [0.1, 0.15) is 11.8 Å². The number of carbonyl (C=O) groups excluding carboxylic acids is 3. The number of rotatable bonds is 5. The van der Waals surface area contributed by atoms with E-state index >= 15 is 0 Å². The number of methoxy groups -OCH3 is 2. The molecule has 2 saturated heterocycles. The number of hydrogen-bond acceptors (Lipinski definition) is 11. The number of aliphatic hydroxyl groups excluding tert-OH is 3. The molecule has 2 unspecified atom stereocenters. The Labute approximate surface area is 384 Å². The van der Waals surface area contributed by atoms with Gasteiger partial charge < -0.3 is 44.6 Å². The third kappa shape index (κ3) is 16.7. The van der Waals surface area contributed by atoms with Crippen LogP contribution in [0.15, 0.2) is 47.6 Å². The number of allylic oxidation sites excluding steroid dienone is 7. The molecule has 5 N–H and O–H groups in total. The Balaban J connectivity index is 0.00000342. The molecule has 13 nitrogen and oxygen atoms in total. The summed E-state index contributed by atoms with van der Waals surface area (Å²) in [4.78, 5) is 56.7. The smallest absolute Gasteiger partial charge is 0.326 e. The molecule has 366 valence electrons. The Hall–Kier alpha value is -3.04. The zero-order valence-corrected chi connectivity index (χ0v) is 40.7. The van der Waals surface area contributed by atoms with Crippen LogP contribution in [0.2, 0.25) is 0 Å². The second kappa shape index (κ2) is 28.9. The van der Waals surface area contributed by atoms with Crippen LogP contribution in [0.5, 0.6) is 0 Å². The summed E-state index contributed by atoms with van der Waals surface area (Å²) in [5.74, 6) is -6.64. The SMILES string of the molecule is CO.CO.CO[C@@H]1CC[C@@H](CC2CCC(=O)[C@H](C)/C=C(\C)[C@@H](O)CCC(C)C[C@H](C)/C=C/C=C/C=C(\C)CC[C@@H]3CC[C@@H](C)[C@@](O)(O3)C(=O)C(=O)N3CCC[C@H]2[C@H]3C(=O)O)C[C@H]1OC. The average Bonchev–Trinajstić information content (AvgIpc) is 3.29. The maximum atomic E-state index is 14.3. The minimum Gasteiger partial charge on any atom is -0.480 e. The number of piperidine rings is 1. The van der Waals surface area contributed by atoms with Gasteiger partial charge in [-0.2, -0.15) is 0 Å². The molecular weight excluding hydrogens is 819 g/mol. The van der Waals surface area contributed by atoms with E-state index in [-0.39, 0.29) is 42.8 Å². The second-order valence-electron chi connectivity index (χ2n) is 19.0. The van der Waals surface area contributed by atoms with Crippen LogP contribution in [0.25, 0.3) is 0 Å². The molecule has 0 radical (unpaired) electrons. The van der Waals surface area contributed by atoms with Gasteiger partial charge in [0.15, 0.2) is 0 Å². The number of aliphatic hydroxyl groups is 4. The average molecular weight is 904 g/mol. The first-order chi connectivity index (χ1) is 30.5. The molecule has 64 heavy (non-hydrogen) atoms. The minimum atomic E-state index is -2.37. The Morgan fingerprint density at radius 2 is 1.52 bits per heavy atom. The fourth-order valence-corrected chi connectivity index (χ4v) is 10.4. The number of fused-ring (bicyclic) bond motifs is 4. The van der Waals surface area contributed by atoms with Gasteiger partial charge in [0.05, 0.1) is 24.4 Å². The molecule has 0 aromatic heterocycles. The Morgan fingerprint density at radius 1 is 0.828 bits per heavy atom. The van der Waals surface area contributed by atoms with E-state index in [1.54, 1.807) is 21.1 Å². The van der Waals surface area contributed by atoms with Gasteiger partial charge in [0.25, 0.3) is 11.7 Å². The normalized spacial score (nSPS) is 38.4. The van der Waals surface area contributed by atoms with Crippen molar-refractivity contribution in [3.63, 3.8) is 0 Å². The lowest BCUT2D eigenvalue weighted by Crippen LogP contribution is -2.62. The minimum absolute atomic E-state index is 0.00722. The number of ether oxygens (including phenoxy) is 3. The summed E-state index contributed by atoms with van der Waals surface area (Å²) in [7, 11) is 5.36. The van der Waals surface area contributed by atoms with E-state index in [1.165, 1.54) is 0 Å². The number of amides is 1. The predicted molar refractivity (Wildman–Crippen MR) is 249 cm³/mol. The molecule has 3 aliphatic heterocycles. The van der Waals surface area contributed by atoms with E-state index in [4.69, 9.17) is 24.4 Å². The Bertz CT molecular complexity index is 1570. The summed E-state index contributed by atoms with van der Waals surface area (Å²) < 4.78 is 17.6. The van der Waals surface area contributed by atoms with Gasteiger partial charge in [-0.05, 0) is 139 Å². The van der Waals surface area contributed by atoms with Crippen LogP contribution in [-0.2, 0) is 33.4 Å². The van der Waals surface area contributed by atoms with Gasteiger partial charge in [0.2, 0.25) is 5.79 Å². The summed E-state index contributed by atoms with van der Waals surface area (Å²) in [5, 5.41) is 47.8. The summed E-state index contributed by atoms with van der Waals surface area (Å²) >= 11 is 0. The van der Waals surface area contributed by atoms with Gasteiger partial charge in [-0.3, -0.25) is 14.4 Å². The second-order valence-corrected chi connectivity index (χ2v) is 19.0. The fourth-order valence-electron chi connectivity index (χ4n) is 10.4. The maximum Gasteiger partial charge on any atom is 0.326 e. The number of carboxylic acids is 1. The summed E-state index contributed by atoms with van der Waals surface area (Å²) in [6.07, 6.45) is 20.3. The molecule has 13 heteroatoms. The van der Waals surface area contributed by atoms with E-state index in [2.05, 4.69) is 26.0 Å². The lowest BCUT2D eigenvalue weighted by atomic mass is 9.70. The van der Waals surface area contributed by atoms with E-state index in [9.17, 15) is 34.5 Å². The molecule has 4 bridgehead atoms. The van der Waals surface area contributed by atoms with Crippen molar-refractivity contribution in [3.8, 4) is 0 Å². The highest BCUT2D eigenvalue weighted by Crippen LogP contribution is 2.42. The van der Waals surface area contributed by atoms with Gasteiger partial charge in [-0.15, -0.1) is 0 Å². The third-order valence-corrected chi connectivity index (χ3v) is 14.3. The molecule has 13 atom stereocenters. The zero-order chi connectivity index (χ0) is 48.1. The number of aliphatic carboxylic acids is 1. The van der Waals surface area contributed by atoms with Crippen molar-refractivity contribution < 1.29 is 58.9 Å². The van der Waals surface area contributed by atoms with Crippen LogP contribution in [-0.4, -0.2) is 125 Å². The van der Waals surface area contributed by atoms with Crippen molar-refractivity contribution in [2.45, 2.75) is 174 Å². The van der Waals surface area contributed by atoms with Crippen molar-refractivity contribution in [2.75, 3.05) is 35.0 Å². The predicted octanol–water partition coefficient (Wildman–Crippen LogP) is 7.39. The monoisotopic (exact) mass is 904 g/mol. The lowest BCUT2D eigenvalue weighted by molar-refractivity contribution is -0.263. The van der Waals surface area contributed by atoms with Crippen molar-refractivity contribution in [2.24, 2.45) is 41.4 Å². The maximum absolute atomic E-state index is 14.3. The van der Waals surface area contributed by atoms with Gasteiger partial charge in [-0.25, -0.2) is 4.79 Å². The van der Waals surface area contributed by atoms with Crippen molar-refractivity contribution in [3.05, 3.63) is 47.6 Å². The number of carbonyl (C=O) groups is 4. The molecule has 0 aromatic carbocycles. The first-order valence-corrected chi connectivity index (χ1v) is 23.8. The van der Waals surface area contributed by atoms with Crippen molar-refractivity contribution in [1.29, 1.82) is 0 Å². The number of Topliss-reactive ketones (excluding diaryl/α,β-unsaturated/α-hetero) is 2. The highest BCUT2D eigenvalue weighted by Gasteiger charge is 2.54. The standard InChI is InChI=1S/C49H77NO10.2CH4O/c1-31-13-10-9-11-14-32(2)27-33(3)17-23-41(51)34(4)28-35(5)42(52)24-20-38(29-37-19-25-43(58-7)44(30-37)59-8)40-15-12-26-50(45(40)48(55)56)47(54)46(53)49(57)36(6)18-22-39(60-49)21-16-31;2*1-2/h9-11,13-14,28,32-33,35-41,43-45,51,57H,12,15-27,29-30H2,1-8H3,(H,55,56);2*2H,1H3/b10-9+,14-11+,31-13+,34-28+;;/t32-,33?,35-,36-,37+,38?,39-,40-,41+,43-,44-,45+,49-;;/m1../s1. The number of nitrogens with zero attached hydrogens (tertiary/aromatic N) is 1. The molecule has 0 spiro atoms. The van der Waals surface area contributed by atoms with E-state index in [0.717, 1.165) is 62.4 Å². The van der Waals surface area contributed by atoms with Crippen LogP contribution < -0.4 is 0 Å². The van der Waals surface area contributed by atoms with Crippen molar-refractivity contribution in [1.82, 2.24) is 4.90 Å². The summed E-state index contributed by atoms with van der Waals surface area (Å²) in [5.41, 5.74) is 1.88. The Morgan fingerprint density at radius 3 is 2.17 bits per heavy atom. The van der Waals surface area contributed by atoms with Crippen LogP contribution in [0.4, 0.5) is 0 Å². The molecule has 4 rings (SSSR count). The van der Waals surface area contributed by atoms with Gasteiger partial charge >= 0.3 is 5.97 Å². The molecule has 1 amide bonds. The molecular formula is C51H85NO12. The first kappa shape index (κ1) is 57.1. The van der Waals surface area contributed by atoms with Crippen LogP contribution in [0.3, 0.4) is 0 Å². The lowest BCUT2D eigenvalue weighted by Gasteiger charge is -2.45. The topological polar surface area (TPSA) is 200 Å². The van der Waals surface area contributed by atoms with Crippen molar-refractivity contribution >= 4 is 23.4 Å². The molecule has 1 saturated carbocycles. The third-order valence-electron chi connectivity index (χ3n) is 14.3. The largest absolute Gasteiger partial charge is 0.480 e. The first-order valence-electron chi connectivity index (χ1n) is 23.8. The van der Waals surface area contributed by atoms with Gasteiger partial charge in [0, 0.05) is 53.2 Å². The van der Waals surface area contributed by atoms with E-state index < -0.39 is 59.5 Å². The Kier molecular flexibility index (Phi) is 25.8. The molecule has 0 aromatic rings. The summed E-state index contributed by atoms with van der Waals surface area (Å²) in [6.45, 7) is 11.9. The number of hydrogen-bond donors (Lipinski definition) is 5. The van der Waals surface area contributed by atoms with Crippen LogP contribution in [0, 0.1) is 41.4 Å². The highest BCUT2D eigenvalue weighted by molar-refractivity contribution is 6.39. The molecule has 4 aliphatic rings. The van der Waals surface area contributed by atoms with E-state index in [0.29, 0.717) is 69.6 Å². The molecule has 3 fully saturated rings. The summed E-state index contributed by atoms with van der Waals surface area (Å²) in [6, 6.07) is -1.31. The quantitative estimate of drug-likeness (QED) is 0.136. The zero-order valence-electron chi connectivity index (χ0n) is 40.7. The molecule has 3 heterocycles. The highest BCUT2D eigenvalue weighted by atomic mass is 16.6. The van der Waals surface area contributed by atoms with Gasteiger partial charge in [-0.1, -0.05) is 69.7 Å². The van der Waals surface area contributed by atoms with Crippen LogP contribution >= 0.6 is 0 Å². The van der Waals surface area contributed by atoms with Crippen LogP contribution in [0.1, 0.15) is 138 Å². The molecule has 1 aliphatic carbocycles. The number of carboxylic acid groups (broad SMARTS) is 1. The fraction of sp³-hybridized carbons (Fsp3) is 0.765. The number of ketones is 2.